The molecule has 0 unspecified atom stereocenters. The van der Waals surface area contributed by atoms with E-state index in [9.17, 15) is 4.79 Å². The van der Waals surface area contributed by atoms with Crippen molar-refractivity contribution in [1.82, 2.24) is 30.1 Å². The van der Waals surface area contributed by atoms with Gasteiger partial charge in [0.2, 0.25) is 11.9 Å². The van der Waals surface area contributed by atoms with E-state index in [0.29, 0.717) is 18.5 Å². The Kier molecular flexibility index (Phi) is 6.86. The molecule has 2 aromatic heterocycles. The number of rotatable bonds is 6. The highest BCUT2D eigenvalue weighted by atomic mass is 16.1. The quantitative estimate of drug-likeness (QED) is 0.745. The molecule has 3 N–H and O–H groups in total. The van der Waals surface area contributed by atoms with Crippen LogP contribution in [0.15, 0.2) is 36.8 Å². The average molecular weight is 410 g/mol. The second-order valence-corrected chi connectivity index (χ2v) is 8.31. The lowest BCUT2D eigenvalue weighted by Crippen LogP contribution is -2.49. The Morgan fingerprint density at radius 3 is 2.43 bits per heavy atom. The van der Waals surface area contributed by atoms with Gasteiger partial charge in [0.15, 0.2) is 0 Å². The smallest absolute Gasteiger partial charge is 0.223 e. The Labute approximate surface area is 177 Å². The molecule has 2 aliphatic heterocycles. The van der Waals surface area contributed by atoms with E-state index < -0.39 is 0 Å². The molecule has 2 saturated heterocycles. The molecule has 1 amide bonds. The van der Waals surface area contributed by atoms with Gasteiger partial charge in [0.25, 0.3) is 0 Å². The number of nitrogen functional groups attached to an aromatic ring is 1. The van der Waals surface area contributed by atoms with Gasteiger partial charge >= 0.3 is 0 Å². The van der Waals surface area contributed by atoms with Crippen LogP contribution in [0.2, 0.25) is 0 Å². The van der Waals surface area contributed by atoms with Gasteiger partial charge in [-0.05, 0) is 64.0 Å². The molecule has 0 bridgehead atoms. The zero-order valence-electron chi connectivity index (χ0n) is 17.4. The second kappa shape index (κ2) is 9.95. The highest BCUT2D eigenvalue weighted by molar-refractivity contribution is 5.78. The number of piperidine rings is 2. The first-order chi connectivity index (χ1) is 14.7. The van der Waals surface area contributed by atoms with Crippen LogP contribution >= 0.6 is 0 Å². The summed E-state index contributed by atoms with van der Waals surface area (Å²) < 4.78 is 0. The summed E-state index contributed by atoms with van der Waals surface area (Å²) in [4.78, 5) is 30.0. The summed E-state index contributed by atoms with van der Waals surface area (Å²) in [6.45, 7) is 5.58. The van der Waals surface area contributed by atoms with Crippen molar-refractivity contribution in [3.8, 4) is 0 Å². The van der Waals surface area contributed by atoms with E-state index in [1.54, 1.807) is 6.20 Å². The molecule has 0 saturated carbocycles. The molecule has 0 aliphatic carbocycles. The molecule has 8 heteroatoms. The Morgan fingerprint density at radius 1 is 1.03 bits per heavy atom. The number of nitrogens with zero attached hydrogens (tertiary/aromatic N) is 5. The molecule has 0 spiro atoms. The number of hydrogen-bond donors (Lipinski definition) is 2. The molecular weight excluding hydrogens is 378 g/mol. The molecule has 30 heavy (non-hydrogen) atoms. The summed E-state index contributed by atoms with van der Waals surface area (Å²) in [5, 5.41) is 3.05. The van der Waals surface area contributed by atoms with E-state index in [0.717, 1.165) is 56.8 Å². The standard InChI is InChI=1S/C22H31N7O/c23-22-26-13-17(14-27-22)16-28-9-6-20(7-10-28)29-11-4-18(5-12-29)21(30)25-15-19-3-1-2-8-24-19/h1-3,8,13-14,18,20H,4-7,9-12,15-16H2,(H,25,30)(H2,23,26,27). The van der Waals surface area contributed by atoms with Gasteiger partial charge in [0, 0.05) is 42.7 Å². The summed E-state index contributed by atoms with van der Waals surface area (Å²) in [5.74, 6) is 0.614. The summed E-state index contributed by atoms with van der Waals surface area (Å²) in [5.41, 5.74) is 7.58. The first-order valence-electron chi connectivity index (χ1n) is 10.9. The minimum absolute atomic E-state index is 0.121. The number of likely N-dealkylation sites (tertiary alicyclic amines) is 2. The first-order valence-corrected chi connectivity index (χ1v) is 10.9. The monoisotopic (exact) mass is 409 g/mol. The second-order valence-electron chi connectivity index (χ2n) is 8.31. The molecule has 0 radical (unpaired) electrons. The van der Waals surface area contributed by atoms with E-state index in [1.165, 1.54) is 12.8 Å². The number of nitrogens with one attached hydrogen (secondary N) is 1. The van der Waals surface area contributed by atoms with E-state index in [-0.39, 0.29) is 11.8 Å². The van der Waals surface area contributed by atoms with Crippen LogP contribution in [-0.2, 0) is 17.9 Å². The lowest BCUT2D eigenvalue weighted by Gasteiger charge is -2.41. The number of nitrogens with two attached hydrogens (primary N) is 1. The van der Waals surface area contributed by atoms with Gasteiger partial charge < -0.3 is 16.0 Å². The summed E-state index contributed by atoms with van der Waals surface area (Å²) in [6, 6.07) is 6.40. The molecule has 160 valence electrons. The number of pyridine rings is 1. The third kappa shape index (κ3) is 5.52. The minimum atomic E-state index is 0.121. The zero-order chi connectivity index (χ0) is 20.8. The van der Waals surface area contributed by atoms with Crippen LogP contribution in [0.4, 0.5) is 5.95 Å². The van der Waals surface area contributed by atoms with E-state index in [4.69, 9.17) is 5.73 Å². The van der Waals surface area contributed by atoms with Crippen LogP contribution in [0.25, 0.3) is 0 Å². The maximum absolute atomic E-state index is 12.5. The number of carbonyl (C=O) groups excluding carboxylic acids is 1. The molecule has 0 aromatic carbocycles. The maximum Gasteiger partial charge on any atom is 0.223 e. The molecule has 8 nitrogen and oxygen atoms in total. The predicted octanol–water partition coefficient (Wildman–Crippen LogP) is 1.45. The first kappa shape index (κ1) is 20.7. The van der Waals surface area contributed by atoms with Crippen LogP contribution in [0.5, 0.6) is 0 Å². The number of carbonyl (C=O) groups is 1. The van der Waals surface area contributed by atoms with Crippen LogP contribution in [0, 0.1) is 5.92 Å². The maximum atomic E-state index is 12.5. The van der Waals surface area contributed by atoms with Gasteiger partial charge in [-0.25, -0.2) is 9.97 Å². The lowest BCUT2D eigenvalue weighted by atomic mass is 9.92. The Morgan fingerprint density at radius 2 is 1.77 bits per heavy atom. The molecular formula is C22H31N7O. The van der Waals surface area contributed by atoms with Gasteiger partial charge in [0.05, 0.1) is 12.2 Å². The number of amides is 1. The fourth-order valence-electron chi connectivity index (χ4n) is 4.50. The minimum Gasteiger partial charge on any atom is -0.368 e. The fourth-order valence-corrected chi connectivity index (χ4v) is 4.50. The fraction of sp³-hybridized carbons (Fsp3) is 0.545. The lowest BCUT2D eigenvalue weighted by molar-refractivity contribution is -0.126. The van der Waals surface area contributed by atoms with E-state index in [1.807, 2.05) is 30.6 Å². The van der Waals surface area contributed by atoms with E-state index >= 15 is 0 Å². The third-order valence-electron chi connectivity index (χ3n) is 6.28. The zero-order valence-corrected chi connectivity index (χ0v) is 17.4. The molecule has 2 aliphatic rings. The van der Waals surface area contributed by atoms with Crippen molar-refractivity contribution in [3.05, 3.63) is 48.0 Å². The molecule has 0 atom stereocenters. The number of anilines is 1. The van der Waals surface area contributed by atoms with Crippen LogP contribution in [-0.4, -0.2) is 62.9 Å². The molecule has 4 heterocycles. The summed E-state index contributed by atoms with van der Waals surface area (Å²) >= 11 is 0. The van der Waals surface area contributed by atoms with Crippen molar-refractivity contribution in [1.29, 1.82) is 0 Å². The Hall–Kier alpha value is -2.58. The van der Waals surface area contributed by atoms with Gasteiger partial charge in [0.1, 0.15) is 0 Å². The molecule has 2 fully saturated rings. The third-order valence-corrected chi connectivity index (χ3v) is 6.28. The van der Waals surface area contributed by atoms with Crippen LogP contribution in [0.3, 0.4) is 0 Å². The number of hydrogen-bond acceptors (Lipinski definition) is 7. The van der Waals surface area contributed by atoms with Crippen molar-refractivity contribution in [2.75, 3.05) is 31.9 Å². The van der Waals surface area contributed by atoms with Crippen molar-refractivity contribution in [3.63, 3.8) is 0 Å². The highest BCUT2D eigenvalue weighted by Gasteiger charge is 2.30. The van der Waals surface area contributed by atoms with Gasteiger partial charge in [-0.15, -0.1) is 0 Å². The van der Waals surface area contributed by atoms with Crippen molar-refractivity contribution in [2.45, 2.75) is 44.8 Å². The van der Waals surface area contributed by atoms with Crippen LogP contribution in [0.1, 0.15) is 36.9 Å². The highest BCUT2D eigenvalue weighted by Crippen LogP contribution is 2.24. The van der Waals surface area contributed by atoms with Gasteiger partial charge in [-0.2, -0.15) is 0 Å². The predicted molar refractivity (Wildman–Crippen MR) is 115 cm³/mol. The number of aromatic nitrogens is 3. The Bertz CT molecular complexity index is 798. The van der Waals surface area contributed by atoms with Crippen LogP contribution < -0.4 is 11.1 Å². The summed E-state index contributed by atoms with van der Waals surface area (Å²) in [6.07, 6.45) is 9.62. The largest absolute Gasteiger partial charge is 0.368 e. The topological polar surface area (TPSA) is 100 Å². The van der Waals surface area contributed by atoms with E-state index in [2.05, 4.69) is 30.1 Å². The molecule has 2 aromatic rings. The van der Waals surface area contributed by atoms with Crippen molar-refractivity contribution >= 4 is 11.9 Å². The van der Waals surface area contributed by atoms with Gasteiger partial charge in [-0.3, -0.25) is 14.7 Å². The summed E-state index contributed by atoms with van der Waals surface area (Å²) in [7, 11) is 0. The van der Waals surface area contributed by atoms with Crippen molar-refractivity contribution < 1.29 is 4.79 Å². The normalized spacial score (nSPS) is 19.6. The molecule has 4 rings (SSSR count). The van der Waals surface area contributed by atoms with Gasteiger partial charge in [-0.1, -0.05) is 6.07 Å². The SMILES string of the molecule is Nc1ncc(CN2CCC(N3CCC(C(=O)NCc4ccccn4)CC3)CC2)cn1. The average Bonchev–Trinajstić information content (AvgIpc) is 2.80. The van der Waals surface area contributed by atoms with Crippen molar-refractivity contribution in [2.24, 2.45) is 5.92 Å². The Balaban J connectivity index is 1.17.